The van der Waals surface area contributed by atoms with Gasteiger partial charge < -0.3 is 14.8 Å². The third-order valence-electron chi connectivity index (χ3n) is 5.76. The monoisotopic (exact) mass is 416 g/mol. The zero-order chi connectivity index (χ0) is 20.4. The lowest BCUT2D eigenvalue weighted by atomic mass is 10.1. The van der Waals surface area contributed by atoms with Gasteiger partial charge in [0.25, 0.3) is 5.91 Å². The molecule has 8 heteroatoms. The summed E-state index contributed by atoms with van der Waals surface area (Å²) in [7, 11) is -1.85. The van der Waals surface area contributed by atoms with Crippen LogP contribution < -0.4 is 10.2 Å². The molecule has 2 aliphatic rings. The van der Waals surface area contributed by atoms with Crippen molar-refractivity contribution in [2.75, 3.05) is 36.4 Å². The number of hydrogen-bond donors (Lipinski definition) is 1. The van der Waals surface area contributed by atoms with Gasteiger partial charge in [-0.2, -0.15) is 4.31 Å². The number of nitrogens with one attached hydrogen (secondary N) is 1. The van der Waals surface area contributed by atoms with Gasteiger partial charge in [-0.1, -0.05) is 0 Å². The first-order chi connectivity index (χ1) is 13.9. The lowest BCUT2D eigenvalue weighted by Crippen LogP contribution is -2.29. The number of amides is 1. The summed E-state index contributed by atoms with van der Waals surface area (Å²) >= 11 is 0. The van der Waals surface area contributed by atoms with E-state index in [9.17, 15) is 13.2 Å². The minimum absolute atomic E-state index is 0.174. The highest BCUT2D eigenvalue weighted by Crippen LogP contribution is 2.24. The molecule has 156 valence electrons. The SMILES string of the molecule is Cn1cc(S(=O)(=O)N2CCCC2)cc1C(=O)Nc1ccc(N2CCCCC2)cc1. The van der Waals surface area contributed by atoms with E-state index in [0.717, 1.165) is 25.9 Å². The van der Waals surface area contributed by atoms with Crippen molar-refractivity contribution >= 4 is 27.3 Å². The van der Waals surface area contributed by atoms with Crippen LogP contribution in [-0.2, 0) is 17.1 Å². The summed E-state index contributed by atoms with van der Waals surface area (Å²) in [5, 5.41) is 2.88. The first-order valence-corrected chi connectivity index (χ1v) is 11.7. The van der Waals surface area contributed by atoms with E-state index in [1.54, 1.807) is 11.6 Å². The average Bonchev–Trinajstić information content (AvgIpc) is 3.40. The predicted molar refractivity (Wildman–Crippen MR) is 114 cm³/mol. The molecule has 1 aromatic heterocycles. The number of carbonyl (C=O) groups excluding carboxylic acids is 1. The number of carbonyl (C=O) groups is 1. The molecule has 0 aliphatic carbocycles. The Morgan fingerprint density at radius 1 is 0.931 bits per heavy atom. The Morgan fingerprint density at radius 2 is 1.55 bits per heavy atom. The number of sulfonamides is 1. The van der Waals surface area contributed by atoms with Gasteiger partial charge in [0, 0.05) is 50.8 Å². The number of aromatic nitrogens is 1. The second kappa shape index (κ2) is 8.20. The molecule has 0 atom stereocenters. The van der Waals surface area contributed by atoms with Gasteiger partial charge in [-0.25, -0.2) is 8.42 Å². The molecule has 0 radical (unpaired) electrons. The van der Waals surface area contributed by atoms with Crippen molar-refractivity contribution < 1.29 is 13.2 Å². The molecule has 7 nitrogen and oxygen atoms in total. The molecule has 0 bridgehead atoms. The maximum absolute atomic E-state index is 12.7. The Hall–Kier alpha value is -2.32. The van der Waals surface area contributed by atoms with Crippen LogP contribution in [0.15, 0.2) is 41.4 Å². The minimum Gasteiger partial charge on any atom is -0.372 e. The van der Waals surface area contributed by atoms with E-state index >= 15 is 0 Å². The molecule has 2 aromatic rings. The number of rotatable bonds is 5. The molecule has 0 spiro atoms. The van der Waals surface area contributed by atoms with Gasteiger partial charge in [0.15, 0.2) is 0 Å². The summed E-state index contributed by atoms with van der Waals surface area (Å²) in [6.45, 7) is 3.23. The average molecular weight is 417 g/mol. The fourth-order valence-electron chi connectivity index (χ4n) is 4.08. The minimum atomic E-state index is -3.54. The number of anilines is 2. The molecule has 29 heavy (non-hydrogen) atoms. The number of benzene rings is 1. The summed E-state index contributed by atoms with van der Waals surface area (Å²) in [6.07, 6.45) is 7.00. The molecule has 1 amide bonds. The van der Waals surface area contributed by atoms with E-state index in [1.807, 2.05) is 24.3 Å². The number of piperidine rings is 1. The van der Waals surface area contributed by atoms with Crippen LogP contribution in [0.5, 0.6) is 0 Å². The Bertz CT molecular complexity index is 970. The lowest BCUT2D eigenvalue weighted by Gasteiger charge is -2.28. The molecular weight excluding hydrogens is 388 g/mol. The van der Waals surface area contributed by atoms with E-state index in [4.69, 9.17) is 0 Å². The summed E-state index contributed by atoms with van der Waals surface area (Å²) < 4.78 is 28.5. The fraction of sp³-hybridized carbons (Fsp3) is 0.476. The molecule has 2 fully saturated rings. The number of nitrogens with zero attached hydrogens (tertiary/aromatic N) is 3. The molecule has 2 saturated heterocycles. The third-order valence-corrected chi connectivity index (χ3v) is 7.63. The highest BCUT2D eigenvalue weighted by Gasteiger charge is 2.29. The summed E-state index contributed by atoms with van der Waals surface area (Å²) in [6, 6.07) is 9.30. The first kappa shape index (κ1) is 20.0. The van der Waals surface area contributed by atoms with Gasteiger partial charge in [0.1, 0.15) is 10.6 Å². The van der Waals surface area contributed by atoms with Crippen molar-refractivity contribution in [2.45, 2.75) is 37.0 Å². The second-order valence-electron chi connectivity index (χ2n) is 7.83. The van der Waals surface area contributed by atoms with E-state index < -0.39 is 10.0 Å². The molecule has 0 saturated carbocycles. The molecule has 2 aliphatic heterocycles. The van der Waals surface area contributed by atoms with Crippen LogP contribution >= 0.6 is 0 Å². The van der Waals surface area contributed by atoms with Crippen molar-refractivity contribution in [1.82, 2.24) is 8.87 Å². The van der Waals surface area contributed by atoms with Crippen LogP contribution in [0.3, 0.4) is 0 Å². The lowest BCUT2D eigenvalue weighted by molar-refractivity contribution is 0.101. The molecule has 3 heterocycles. The maximum atomic E-state index is 12.7. The summed E-state index contributed by atoms with van der Waals surface area (Å²) in [4.78, 5) is 15.3. The second-order valence-corrected chi connectivity index (χ2v) is 9.77. The van der Waals surface area contributed by atoms with Crippen molar-refractivity contribution in [3.8, 4) is 0 Å². The number of aryl methyl sites for hydroxylation is 1. The molecule has 1 aromatic carbocycles. The zero-order valence-electron chi connectivity index (χ0n) is 16.8. The van der Waals surface area contributed by atoms with Gasteiger partial charge >= 0.3 is 0 Å². The van der Waals surface area contributed by atoms with Gasteiger partial charge in [-0.05, 0) is 62.4 Å². The van der Waals surface area contributed by atoms with E-state index in [2.05, 4.69) is 10.2 Å². The van der Waals surface area contributed by atoms with Crippen LogP contribution in [-0.4, -0.2) is 49.4 Å². The number of hydrogen-bond acceptors (Lipinski definition) is 4. The van der Waals surface area contributed by atoms with Crippen molar-refractivity contribution in [3.05, 3.63) is 42.2 Å². The van der Waals surface area contributed by atoms with Gasteiger partial charge in [0.2, 0.25) is 10.0 Å². The smallest absolute Gasteiger partial charge is 0.272 e. The fourth-order valence-corrected chi connectivity index (χ4v) is 5.67. The van der Waals surface area contributed by atoms with Crippen molar-refractivity contribution in [1.29, 1.82) is 0 Å². The van der Waals surface area contributed by atoms with Crippen LogP contribution in [0, 0.1) is 0 Å². The summed E-state index contributed by atoms with van der Waals surface area (Å²) in [5.41, 5.74) is 2.18. The van der Waals surface area contributed by atoms with Crippen LogP contribution in [0.25, 0.3) is 0 Å². The molecule has 0 unspecified atom stereocenters. The van der Waals surface area contributed by atoms with E-state index in [-0.39, 0.29) is 10.8 Å². The quantitative estimate of drug-likeness (QED) is 0.813. The Balaban J connectivity index is 1.46. The van der Waals surface area contributed by atoms with Crippen LogP contribution in [0.1, 0.15) is 42.6 Å². The Morgan fingerprint density at radius 3 is 2.21 bits per heavy atom. The highest BCUT2D eigenvalue weighted by atomic mass is 32.2. The Kier molecular flexibility index (Phi) is 5.65. The predicted octanol–water partition coefficient (Wildman–Crippen LogP) is 3.05. The Labute approximate surface area is 172 Å². The topological polar surface area (TPSA) is 74.6 Å². The molecular formula is C21H28N4O3S. The molecule has 4 rings (SSSR count). The van der Waals surface area contributed by atoms with Gasteiger partial charge in [-0.15, -0.1) is 0 Å². The zero-order valence-corrected chi connectivity index (χ0v) is 17.6. The first-order valence-electron chi connectivity index (χ1n) is 10.3. The molecule has 1 N–H and O–H groups in total. The van der Waals surface area contributed by atoms with Crippen molar-refractivity contribution in [3.63, 3.8) is 0 Å². The van der Waals surface area contributed by atoms with Gasteiger partial charge in [-0.3, -0.25) is 4.79 Å². The van der Waals surface area contributed by atoms with Crippen LogP contribution in [0.4, 0.5) is 11.4 Å². The highest BCUT2D eigenvalue weighted by molar-refractivity contribution is 7.89. The van der Waals surface area contributed by atoms with E-state index in [1.165, 1.54) is 41.5 Å². The maximum Gasteiger partial charge on any atom is 0.272 e. The van der Waals surface area contributed by atoms with E-state index in [0.29, 0.717) is 24.5 Å². The summed E-state index contributed by atoms with van der Waals surface area (Å²) in [5.74, 6) is -0.318. The van der Waals surface area contributed by atoms with Gasteiger partial charge in [0.05, 0.1) is 0 Å². The standard InChI is InChI=1S/C21H28N4O3S/c1-23-16-19(29(27,28)25-13-5-6-14-25)15-20(23)21(26)22-17-7-9-18(10-8-17)24-11-3-2-4-12-24/h7-10,15-16H,2-6,11-14H2,1H3,(H,22,26). The van der Waals surface area contributed by atoms with Crippen LogP contribution in [0.2, 0.25) is 0 Å². The van der Waals surface area contributed by atoms with Crippen molar-refractivity contribution in [2.24, 2.45) is 7.05 Å². The largest absolute Gasteiger partial charge is 0.372 e. The third kappa shape index (κ3) is 4.18. The normalized spacial score (nSPS) is 18.2.